The van der Waals surface area contributed by atoms with E-state index < -0.39 is 0 Å². The summed E-state index contributed by atoms with van der Waals surface area (Å²) in [6, 6.07) is 8.15. The Kier molecular flexibility index (Phi) is 5.23. The van der Waals surface area contributed by atoms with Crippen molar-refractivity contribution in [3.8, 4) is 11.3 Å². The highest BCUT2D eigenvalue weighted by atomic mass is 16.2. The molecule has 1 fully saturated rings. The number of imidazole rings is 1. The van der Waals surface area contributed by atoms with Gasteiger partial charge in [-0.15, -0.1) is 0 Å². The first-order valence-corrected chi connectivity index (χ1v) is 10.0. The number of aryl methyl sites for hydroxylation is 2. The lowest BCUT2D eigenvalue weighted by molar-refractivity contribution is 0.247. The lowest BCUT2D eigenvalue weighted by Crippen LogP contribution is -2.37. The van der Waals surface area contributed by atoms with Crippen LogP contribution in [-0.4, -0.2) is 21.6 Å². The molecule has 26 heavy (non-hydrogen) atoms. The number of benzene rings is 1. The summed E-state index contributed by atoms with van der Waals surface area (Å²) in [5.74, 6) is 1.16. The predicted octanol–water partition coefficient (Wildman–Crippen LogP) is 4.73. The molecule has 0 spiro atoms. The monoisotopic (exact) mass is 352 g/mol. The van der Waals surface area contributed by atoms with Gasteiger partial charge in [0.1, 0.15) is 5.82 Å². The van der Waals surface area contributed by atoms with Crippen molar-refractivity contribution < 1.29 is 4.79 Å². The minimum absolute atomic E-state index is 0.103. The van der Waals surface area contributed by atoms with E-state index in [1.807, 2.05) is 24.3 Å². The lowest BCUT2D eigenvalue weighted by Gasteiger charge is -2.17. The molecule has 1 aromatic carbocycles. The molecule has 0 saturated heterocycles. The van der Waals surface area contributed by atoms with Crippen molar-refractivity contribution in [2.75, 3.05) is 5.32 Å². The van der Waals surface area contributed by atoms with Crippen LogP contribution in [0, 0.1) is 0 Å². The number of rotatable bonds is 3. The van der Waals surface area contributed by atoms with E-state index >= 15 is 0 Å². The molecule has 5 heteroatoms. The minimum Gasteiger partial charge on any atom is -0.335 e. The molecule has 2 amide bonds. The quantitative estimate of drug-likeness (QED) is 0.785. The van der Waals surface area contributed by atoms with Crippen LogP contribution in [0.2, 0.25) is 0 Å². The summed E-state index contributed by atoms with van der Waals surface area (Å²) in [4.78, 5) is 17.3. The van der Waals surface area contributed by atoms with Crippen LogP contribution >= 0.6 is 0 Å². The van der Waals surface area contributed by atoms with E-state index in [2.05, 4.69) is 21.4 Å². The minimum atomic E-state index is -0.103. The molecule has 138 valence electrons. The van der Waals surface area contributed by atoms with Gasteiger partial charge in [-0.05, 0) is 31.7 Å². The van der Waals surface area contributed by atoms with Crippen molar-refractivity contribution in [1.29, 1.82) is 0 Å². The third-order valence-corrected chi connectivity index (χ3v) is 5.55. The number of urea groups is 1. The second-order valence-corrected chi connectivity index (χ2v) is 7.53. The Morgan fingerprint density at radius 1 is 1.04 bits per heavy atom. The van der Waals surface area contributed by atoms with Gasteiger partial charge < -0.3 is 15.2 Å². The summed E-state index contributed by atoms with van der Waals surface area (Å²) in [6.45, 7) is 1.04. The number of carbonyl (C=O) groups is 1. The van der Waals surface area contributed by atoms with Gasteiger partial charge in [-0.25, -0.2) is 9.78 Å². The first kappa shape index (κ1) is 17.1. The van der Waals surface area contributed by atoms with Crippen LogP contribution in [0.4, 0.5) is 10.5 Å². The fourth-order valence-electron chi connectivity index (χ4n) is 4.13. The topological polar surface area (TPSA) is 59.0 Å². The average Bonchev–Trinajstić information content (AvgIpc) is 2.92. The fraction of sp³-hybridized carbons (Fsp3) is 0.524. The molecule has 2 heterocycles. The number of hydrogen-bond acceptors (Lipinski definition) is 2. The standard InChI is InChI=1S/C21H28N4O/c26-21(22-16-9-3-1-2-4-10-16)24-18-12-6-5-11-17(18)19-15-25-14-8-7-13-20(25)23-19/h5-6,11-12,15-16H,1-4,7-10,13-14H2,(H2,22,24,26). The molecule has 0 radical (unpaired) electrons. The van der Waals surface area contributed by atoms with E-state index in [1.165, 1.54) is 38.5 Å². The molecule has 1 aliphatic carbocycles. The van der Waals surface area contributed by atoms with Crippen molar-refractivity contribution in [3.63, 3.8) is 0 Å². The molecule has 2 aliphatic rings. The predicted molar refractivity (Wildman–Crippen MR) is 104 cm³/mol. The van der Waals surface area contributed by atoms with E-state index in [0.29, 0.717) is 6.04 Å². The van der Waals surface area contributed by atoms with Gasteiger partial charge in [0.15, 0.2) is 0 Å². The van der Waals surface area contributed by atoms with Gasteiger partial charge in [-0.1, -0.05) is 43.9 Å². The Morgan fingerprint density at radius 3 is 2.65 bits per heavy atom. The highest BCUT2D eigenvalue weighted by Gasteiger charge is 2.18. The normalized spacial score (nSPS) is 18.0. The van der Waals surface area contributed by atoms with Gasteiger partial charge in [0.25, 0.3) is 0 Å². The highest BCUT2D eigenvalue weighted by molar-refractivity contribution is 5.94. The van der Waals surface area contributed by atoms with E-state index in [9.17, 15) is 4.79 Å². The van der Waals surface area contributed by atoms with Crippen LogP contribution in [0.1, 0.15) is 57.2 Å². The Balaban J connectivity index is 1.48. The molecule has 0 bridgehead atoms. The first-order chi connectivity index (χ1) is 12.8. The van der Waals surface area contributed by atoms with Crippen molar-refractivity contribution in [2.24, 2.45) is 0 Å². The van der Waals surface area contributed by atoms with Crippen molar-refractivity contribution in [2.45, 2.75) is 70.4 Å². The van der Waals surface area contributed by atoms with E-state index in [-0.39, 0.29) is 6.03 Å². The molecular weight excluding hydrogens is 324 g/mol. The molecule has 1 aliphatic heterocycles. The number of amides is 2. The number of carbonyl (C=O) groups excluding carboxylic acids is 1. The smallest absolute Gasteiger partial charge is 0.319 e. The Bertz CT molecular complexity index is 736. The SMILES string of the molecule is O=C(Nc1ccccc1-c1cn2c(n1)CCCC2)NC1CCCCCC1. The fourth-order valence-corrected chi connectivity index (χ4v) is 4.13. The maximum Gasteiger partial charge on any atom is 0.319 e. The molecule has 2 aromatic rings. The lowest BCUT2D eigenvalue weighted by atomic mass is 10.1. The second kappa shape index (κ2) is 7.94. The van der Waals surface area contributed by atoms with E-state index in [4.69, 9.17) is 4.98 Å². The van der Waals surface area contributed by atoms with Gasteiger partial charge in [-0.3, -0.25) is 0 Å². The Morgan fingerprint density at radius 2 is 1.85 bits per heavy atom. The first-order valence-electron chi connectivity index (χ1n) is 10.0. The molecule has 0 atom stereocenters. The number of anilines is 1. The van der Waals surface area contributed by atoms with Crippen LogP contribution in [-0.2, 0) is 13.0 Å². The van der Waals surface area contributed by atoms with Crippen molar-refractivity contribution in [3.05, 3.63) is 36.3 Å². The molecule has 5 nitrogen and oxygen atoms in total. The van der Waals surface area contributed by atoms with E-state index in [0.717, 1.165) is 48.6 Å². The summed E-state index contributed by atoms with van der Waals surface area (Å²) in [6.07, 6.45) is 12.7. The molecule has 4 rings (SSSR count). The number of nitrogens with one attached hydrogen (secondary N) is 2. The third-order valence-electron chi connectivity index (χ3n) is 5.55. The summed E-state index contributed by atoms with van der Waals surface area (Å²) in [7, 11) is 0. The van der Waals surface area contributed by atoms with Gasteiger partial charge in [0, 0.05) is 30.8 Å². The summed E-state index contributed by atoms with van der Waals surface area (Å²) in [5.41, 5.74) is 2.77. The summed E-state index contributed by atoms with van der Waals surface area (Å²) < 4.78 is 2.25. The Hall–Kier alpha value is -2.30. The third kappa shape index (κ3) is 3.92. The van der Waals surface area contributed by atoms with Gasteiger partial charge in [0.05, 0.1) is 11.4 Å². The van der Waals surface area contributed by atoms with Crippen LogP contribution in [0.25, 0.3) is 11.3 Å². The zero-order valence-electron chi connectivity index (χ0n) is 15.3. The zero-order chi connectivity index (χ0) is 17.8. The molecule has 2 N–H and O–H groups in total. The molecule has 1 aromatic heterocycles. The molecular formula is C21H28N4O. The summed E-state index contributed by atoms with van der Waals surface area (Å²) in [5, 5.41) is 6.22. The van der Waals surface area contributed by atoms with Gasteiger partial charge in [-0.2, -0.15) is 0 Å². The van der Waals surface area contributed by atoms with Crippen LogP contribution in [0.3, 0.4) is 0 Å². The second-order valence-electron chi connectivity index (χ2n) is 7.53. The maximum atomic E-state index is 12.5. The van der Waals surface area contributed by atoms with Crippen molar-refractivity contribution >= 4 is 11.7 Å². The number of nitrogens with zero attached hydrogens (tertiary/aromatic N) is 2. The largest absolute Gasteiger partial charge is 0.335 e. The van der Waals surface area contributed by atoms with Gasteiger partial charge >= 0.3 is 6.03 Å². The van der Waals surface area contributed by atoms with Crippen LogP contribution in [0.15, 0.2) is 30.5 Å². The number of para-hydroxylation sites is 1. The zero-order valence-corrected chi connectivity index (χ0v) is 15.3. The average molecular weight is 352 g/mol. The summed E-state index contributed by atoms with van der Waals surface area (Å²) >= 11 is 0. The Labute approximate surface area is 155 Å². The van der Waals surface area contributed by atoms with Crippen LogP contribution in [0.5, 0.6) is 0 Å². The van der Waals surface area contributed by atoms with Crippen LogP contribution < -0.4 is 10.6 Å². The van der Waals surface area contributed by atoms with Gasteiger partial charge in [0.2, 0.25) is 0 Å². The molecule has 1 saturated carbocycles. The van der Waals surface area contributed by atoms with Crippen molar-refractivity contribution in [1.82, 2.24) is 14.9 Å². The number of aromatic nitrogens is 2. The van der Waals surface area contributed by atoms with E-state index in [1.54, 1.807) is 0 Å². The number of hydrogen-bond donors (Lipinski definition) is 2. The molecule has 0 unspecified atom stereocenters. The maximum absolute atomic E-state index is 12.5. The number of fused-ring (bicyclic) bond motifs is 1. The highest BCUT2D eigenvalue weighted by Crippen LogP contribution is 2.29.